The highest BCUT2D eigenvalue weighted by Crippen LogP contribution is 2.34. The highest BCUT2D eigenvalue weighted by molar-refractivity contribution is 6.30. The van der Waals surface area contributed by atoms with Gasteiger partial charge in [-0.3, -0.25) is 4.90 Å². The fourth-order valence-corrected chi connectivity index (χ4v) is 3.27. The molecule has 0 amide bonds. The molecule has 0 bridgehead atoms. The second-order valence-corrected chi connectivity index (χ2v) is 6.23. The number of aliphatic hydroxyl groups excluding tert-OH is 1. The third-order valence-electron chi connectivity index (χ3n) is 4.32. The highest BCUT2D eigenvalue weighted by atomic mass is 35.5. The van der Waals surface area contributed by atoms with Gasteiger partial charge in [0.15, 0.2) is 6.79 Å². The number of hydrogen-bond donors (Lipinski definition) is 1. The molecular weight excluding hydrogens is 290 g/mol. The largest absolute Gasteiger partial charge is 0.467 e. The Hall–Kier alpha value is -0.810. The Kier molecular flexibility index (Phi) is 5.01. The smallest absolute Gasteiger partial charge is 0.189 e. The first-order valence-corrected chi connectivity index (χ1v) is 8.02. The molecule has 21 heavy (non-hydrogen) atoms. The molecule has 1 saturated carbocycles. The molecule has 3 rings (SSSR count). The maximum Gasteiger partial charge on any atom is 0.189 e. The molecule has 4 nitrogen and oxygen atoms in total. The summed E-state index contributed by atoms with van der Waals surface area (Å²) in [5.74, 6) is 0.930. The molecule has 1 aromatic carbocycles. The van der Waals surface area contributed by atoms with Gasteiger partial charge in [-0.2, -0.15) is 0 Å². The first-order valence-electron chi connectivity index (χ1n) is 7.64. The highest BCUT2D eigenvalue weighted by Gasteiger charge is 2.26. The van der Waals surface area contributed by atoms with Crippen molar-refractivity contribution >= 4 is 11.6 Å². The fourth-order valence-electron chi connectivity index (χ4n) is 3.01. The van der Waals surface area contributed by atoms with Crippen LogP contribution in [0.15, 0.2) is 12.1 Å². The Balaban J connectivity index is 1.79. The first kappa shape index (κ1) is 15.1. The van der Waals surface area contributed by atoms with Gasteiger partial charge in [0, 0.05) is 41.9 Å². The van der Waals surface area contributed by atoms with Crippen molar-refractivity contribution in [3.8, 4) is 5.75 Å². The van der Waals surface area contributed by atoms with E-state index < -0.39 is 0 Å². The number of rotatable bonds is 6. The Morgan fingerprint density at radius 3 is 2.90 bits per heavy atom. The van der Waals surface area contributed by atoms with Gasteiger partial charge in [0.05, 0.1) is 6.61 Å². The maximum atomic E-state index is 9.10. The van der Waals surface area contributed by atoms with Gasteiger partial charge < -0.3 is 14.6 Å². The fraction of sp³-hybridized carbons (Fsp3) is 0.625. The summed E-state index contributed by atoms with van der Waals surface area (Å²) >= 11 is 6.23. The lowest BCUT2D eigenvalue weighted by Crippen LogP contribution is -2.40. The lowest BCUT2D eigenvalue weighted by Gasteiger charge is -2.38. The summed E-state index contributed by atoms with van der Waals surface area (Å²) < 4.78 is 11.0. The Morgan fingerprint density at radius 1 is 1.33 bits per heavy atom. The molecular formula is C16H22ClNO3. The van der Waals surface area contributed by atoms with E-state index in [-0.39, 0.29) is 6.61 Å². The van der Waals surface area contributed by atoms with Crippen LogP contribution in [0, 0.1) is 0 Å². The van der Waals surface area contributed by atoms with Gasteiger partial charge in [-0.1, -0.05) is 18.0 Å². The van der Waals surface area contributed by atoms with Crippen molar-refractivity contribution in [2.24, 2.45) is 0 Å². The molecule has 0 saturated heterocycles. The minimum Gasteiger partial charge on any atom is -0.467 e. The van der Waals surface area contributed by atoms with Crippen molar-refractivity contribution in [2.75, 3.05) is 19.9 Å². The summed E-state index contributed by atoms with van der Waals surface area (Å²) in [6.45, 7) is 2.85. The minimum absolute atomic E-state index is 0.237. The molecule has 2 aliphatic rings. The zero-order valence-corrected chi connectivity index (χ0v) is 12.9. The van der Waals surface area contributed by atoms with Crippen molar-refractivity contribution in [3.05, 3.63) is 28.3 Å². The number of aliphatic hydroxyl groups is 1. The predicted octanol–water partition coefficient (Wildman–Crippen LogP) is 2.94. The standard InChI is InChI=1S/C16H22ClNO3/c17-14-7-12(16-13(8-14)10-20-11-21-16)9-18(5-2-6-19)15-3-1-4-15/h7-8,15,19H,1-6,9-11H2. The molecule has 1 aromatic rings. The van der Waals surface area contributed by atoms with E-state index in [0.29, 0.717) is 19.4 Å². The van der Waals surface area contributed by atoms with Crippen molar-refractivity contribution in [2.45, 2.75) is 44.9 Å². The predicted molar refractivity (Wildman–Crippen MR) is 81.5 cm³/mol. The summed E-state index contributed by atoms with van der Waals surface area (Å²) in [5.41, 5.74) is 2.16. The van der Waals surface area contributed by atoms with Crippen molar-refractivity contribution in [3.63, 3.8) is 0 Å². The molecule has 0 unspecified atom stereocenters. The number of halogens is 1. The lowest BCUT2D eigenvalue weighted by molar-refractivity contribution is -0.0178. The number of nitrogens with zero attached hydrogens (tertiary/aromatic N) is 1. The summed E-state index contributed by atoms with van der Waals surface area (Å²) in [7, 11) is 0. The Morgan fingerprint density at radius 2 is 2.19 bits per heavy atom. The van der Waals surface area contributed by atoms with Crippen LogP contribution < -0.4 is 4.74 Å². The average molecular weight is 312 g/mol. The first-order chi connectivity index (χ1) is 10.3. The summed E-state index contributed by atoms with van der Waals surface area (Å²) in [6, 6.07) is 4.54. The van der Waals surface area contributed by atoms with Crippen LogP contribution in [-0.4, -0.2) is 36.0 Å². The molecule has 1 aliphatic heterocycles. The van der Waals surface area contributed by atoms with E-state index >= 15 is 0 Å². The van der Waals surface area contributed by atoms with Crippen molar-refractivity contribution in [1.82, 2.24) is 4.90 Å². The second kappa shape index (κ2) is 6.97. The third-order valence-corrected chi connectivity index (χ3v) is 4.54. The summed E-state index contributed by atoms with van der Waals surface area (Å²) in [5, 5.41) is 9.83. The minimum atomic E-state index is 0.237. The topological polar surface area (TPSA) is 41.9 Å². The lowest BCUT2D eigenvalue weighted by atomic mass is 9.90. The quantitative estimate of drug-likeness (QED) is 0.877. The Labute approximate surface area is 130 Å². The van der Waals surface area contributed by atoms with Crippen LogP contribution in [0.25, 0.3) is 0 Å². The van der Waals surface area contributed by atoms with E-state index in [9.17, 15) is 0 Å². The molecule has 1 aliphatic carbocycles. The van der Waals surface area contributed by atoms with Gasteiger partial charge in [-0.15, -0.1) is 0 Å². The molecule has 1 fully saturated rings. The number of benzene rings is 1. The third kappa shape index (κ3) is 3.51. The monoisotopic (exact) mass is 311 g/mol. The van der Waals surface area contributed by atoms with Crippen LogP contribution in [-0.2, 0) is 17.9 Å². The van der Waals surface area contributed by atoms with Crippen LogP contribution in [0.5, 0.6) is 5.75 Å². The molecule has 0 atom stereocenters. The summed E-state index contributed by atoms with van der Waals surface area (Å²) in [6.07, 6.45) is 4.61. The van der Waals surface area contributed by atoms with E-state index in [1.807, 2.05) is 12.1 Å². The van der Waals surface area contributed by atoms with Crippen LogP contribution in [0.1, 0.15) is 36.8 Å². The number of hydrogen-bond acceptors (Lipinski definition) is 4. The van der Waals surface area contributed by atoms with Gasteiger partial charge >= 0.3 is 0 Å². The van der Waals surface area contributed by atoms with Gasteiger partial charge in [0.1, 0.15) is 5.75 Å². The zero-order chi connectivity index (χ0) is 14.7. The van der Waals surface area contributed by atoms with Gasteiger partial charge in [0.25, 0.3) is 0 Å². The van der Waals surface area contributed by atoms with Crippen LogP contribution in [0.4, 0.5) is 0 Å². The van der Waals surface area contributed by atoms with Gasteiger partial charge in [-0.25, -0.2) is 0 Å². The van der Waals surface area contributed by atoms with E-state index in [1.165, 1.54) is 19.3 Å². The molecule has 1 heterocycles. The van der Waals surface area contributed by atoms with Crippen molar-refractivity contribution < 1.29 is 14.6 Å². The normalized spacial score (nSPS) is 18.2. The second-order valence-electron chi connectivity index (χ2n) is 5.80. The van der Waals surface area contributed by atoms with Crippen LogP contribution in [0.3, 0.4) is 0 Å². The SMILES string of the molecule is OCCCN(Cc1cc(Cl)cc2c1OCOC2)C1CCC1. The molecule has 0 spiro atoms. The summed E-state index contributed by atoms with van der Waals surface area (Å²) in [4.78, 5) is 2.45. The van der Waals surface area contributed by atoms with E-state index in [4.69, 9.17) is 26.2 Å². The average Bonchev–Trinajstić information content (AvgIpc) is 2.42. The zero-order valence-electron chi connectivity index (χ0n) is 12.2. The van der Waals surface area contributed by atoms with Gasteiger partial charge in [-0.05, 0) is 31.4 Å². The van der Waals surface area contributed by atoms with E-state index in [0.717, 1.165) is 41.4 Å². The van der Waals surface area contributed by atoms with Crippen LogP contribution >= 0.6 is 11.6 Å². The van der Waals surface area contributed by atoms with E-state index in [2.05, 4.69) is 4.90 Å². The number of fused-ring (bicyclic) bond motifs is 1. The molecule has 0 radical (unpaired) electrons. The van der Waals surface area contributed by atoms with Gasteiger partial charge in [0.2, 0.25) is 0 Å². The van der Waals surface area contributed by atoms with E-state index in [1.54, 1.807) is 0 Å². The molecule has 1 N–H and O–H groups in total. The number of ether oxygens (including phenoxy) is 2. The van der Waals surface area contributed by atoms with Crippen molar-refractivity contribution in [1.29, 1.82) is 0 Å². The molecule has 116 valence electrons. The Bertz CT molecular complexity index is 491. The molecule has 5 heteroatoms. The van der Waals surface area contributed by atoms with Crippen LogP contribution in [0.2, 0.25) is 5.02 Å². The molecule has 0 aromatic heterocycles. The maximum absolute atomic E-state index is 9.10.